The van der Waals surface area contributed by atoms with Crippen molar-refractivity contribution in [3.63, 3.8) is 0 Å². The molecule has 7 aromatic rings. The van der Waals surface area contributed by atoms with Crippen LogP contribution in [0.5, 0.6) is 17.2 Å². The Hall–Kier alpha value is -8.07. The first-order valence-electron chi connectivity index (χ1n) is 24.7. The van der Waals surface area contributed by atoms with Gasteiger partial charge in [-0.25, -0.2) is 32.3 Å². The first kappa shape index (κ1) is 50.1. The Morgan fingerprint density at radius 3 is 1.58 bits per heavy atom. The van der Waals surface area contributed by atoms with E-state index in [9.17, 15) is 20.1 Å². The number of phenolic OH excluding ortho intramolecular Hbond substituents is 3. The van der Waals surface area contributed by atoms with Crippen molar-refractivity contribution in [1.82, 2.24) is 25.3 Å². The number of anilines is 1. The molecule has 11 nitrogen and oxygen atoms in total. The molecule has 1 amide bonds. The molecular weight excluding hydrogens is 1010 g/mol. The van der Waals surface area contributed by atoms with E-state index in [0.29, 0.717) is 91.9 Å². The number of alkyl carbamates (subject to hydrolysis) is 1. The van der Waals surface area contributed by atoms with Crippen LogP contribution in [0, 0.1) is 46.4 Å². The number of fused-ring (bicyclic) bond motifs is 9. The molecule has 2 aliphatic heterocycles. The minimum atomic E-state index is -1.66. The Morgan fingerprint density at radius 1 is 0.618 bits per heavy atom. The molecular formula is C59H48F4N6O5S2. The van der Waals surface area contributed by atoms with Gasteiger partial charge in [-0.3, -0.25) is 0 Å². The van der Waals surface area contributed by atoms with E-state index in [2.05, 4.69) is 32.4 Å². The molecule has 17 heteroatoms. The zero-order chi connectivity index (χ0) is 52.5. The summed E-state index contributed by atoms with van der Waals surface area (Å²) >= 11 is 0. The number of hydrogen-bond acceptors (Lipinski definition) is 10. The number of carbonyl (C=O) groups is 1. The monoisotopic (exact) mass is 1060 g/mol. The second kappa shape index (κ2) is 21.3. The van der Waals surface area contributed by atoms with Crippen LogP contribution in [0.25, 0.3) is 90.9 Å². The number of aromatic nitrogens is 4. The van der Waals surface area contributed by atoms with E-state index in [1.165, 1.54) is 58.0 Å². The number of halogens is 4. The van der Waals surface area contributed by atoms with Crippen molar-refractivity contribution in [2.24, 2.45) is 11.3 Å². The summed E-state index contributed by atoms with van der Waals surface area (Å²) in [5.41, 5.74) is 3.66. The van der Waals surface area contributed by atoms with Crippen molar-refractivity contribution in [2.75, 3.05) is 36.5 Å². The fourth-order valence-electron chi connectivity index (χ4n) is 10.3. The number of aromatic hydroxyl groups is 3. The second-order valence-corrected chi connectivity index (χ2v) is 21.6. The maximum atomic E-state index is 16.9. The Kier molecular flexibility index (Phi) is 14.0. The zero-order valence-electron chi connectivity index (χ0n) is 40.6. The number of ether oxygens (including phenoxy) is 1. The molecule has 5 heterocycles. The van der Waals surface area contributed by atoms with Crippen molar-refractivity contribution in [3.05, 3.63) is 143 Å². The number of amides is 1. The summed E-state index contributed by atoms with van der Waals surface area (Å²) in [5, 5.41) is 37.4. The number of benzene rings is 4. The lowest BCUT2D eigenvalue weighted by Gasteiger charge is -2.17. The predicted molar refractivity (Wildman–Crippen MR) is 295 cm³/mol. The standard InChI is InChI=1S/C59H48F4N6O5S2/c60-53-52(54(61)56(63)57(55(53)62)64-24-26-75-76-27-25-65-58(73)74-32-59-23-4-2-1-3-11-36(59)31-59)51-46-21-19-44(68-46)49(34-9-6-13-38(71)29-34)42-17-15-40(66-42)48(33-8-5-12-37(70)28-33)41-16-18-43(67-41)50(45-20-22-47(51)69-45)35-10-7-14-39(72)30-35/h5-10,12-22,28-30,36,64,66,69-72H,3-4,11,23-27,31-32H2,(H,65,73)/t36-,59?/m1/s1. The summed E-state index contributed by atoms with van der Waals surface area (Å²) in [5.74, 6) is 1.06. The van der Waals surface area contributed by atoms with Crippen LogP contribution in [0.15, 0.2) is 97.1 Å². The van der Waals surface area contributed by atoms with Crippen molar-refractivity contribution in [2.45, 2.75) is 32.1 Å². The highest BCUT2D eigenvalue weighted by molar-refractivity contribution is 8.76. The van der Waals surface area contributed by atoms with Gasteiger partial charge in [0.05, 0.1) is 34.9 Å². The molecule has 0 saturated heterocycles. The Bertz CT molecular complexity index is 3700. The first-order valence-corrected chi connectivity index (χ1v) is 27.2. The smallest absolute Gasteiger partial charge is 0.407 e. The van der Waals surface area contributed by atoms with Crippen molar-refractivity contribution in [3.8, 4) is 73.6 Å². The lowest BCUT2D eigenvalue weighted by molar-refractivity contribution is 0.113. The largest absolute Gasteiger partial charge is 0.508 e. The lowest BCUT2D eigenvalue weighted by Crippen LogP contribution is -2.29. The molecule has 7 N–H and O–H groups in total. The highest BCUT2D eigenvalue weighted by Gasteiger charge is 2.53. The maximum Gasteiger partial charge on any atom is 0.407 e. The fraction of sp³-hybridized carbons (Fsp3) is 0.203. The Morgan fingerprint density at radius 2 is 1.08 bits per heavy atom. The summed E-state index contributed by atoms with van der Waals surface area (Å²) in [6, 6.07) is 26.5. The van der Waals surface area contributed by atoms with Gasteiger partial charge in [-0.1, -0.05) is 58.0 Å². The van der Waals surface area contributed by atoms with Crippen LogP contribution in [0.2, 0.25) is 0 Å². The van der Waals surface area contributed by atoms with Gasteiger partial charge in [-0.05, 0) is 127 Å². The Labute approximate surface area is 442 Å². The molecule has 0 spiro atoms. The van der Waals surface area contributed by atoms with Gasteiger partial charge in [-0.15, -0.1) is 11.8 Å². The predicted octanol–water partition coefficient (Wildman–Crippen LogP) is 14.1. The van der Waals surface area contributed by atoms with E-state index in [0.717, 1.165) is 32.1 Å². The van der Waals surface area contributed by atoms with Gasteiger partial charge in [-0.2, -0.15) is 0 Å². The van der Waals surface area contributed by atoms with Crippen LogP contribution in [0.1, 0.15) is 54.9 Å². The normalized spacial score (nSPS) is 16.3. The topological polar surface area (TPSA) is 168 Å². The average Bonchev–Trinajstić information content (AvgIpc) is 4.09. The van der Waals surface area contributed by atoms with E-state index in [4.69, 9.17) is 14.7 Å². The van der Waals surface area contributed by atoms with Crippen LogP contribution in [-0.2, 0) is 4.74 Å². The first-order chi connectivity index (χ1) is 36.9. The van der Waals surface area contributed by atoms with Gasteiger partial charge >= 0.3 is 6.09 Å². The van der Waals surface area contributed by atoms with Crippen LogP contribution in [-0.4, -0.2) is 72.6 Å². The van der Waals surface area contributed by atoms with Crippen LogP contribution in [0.4, 0.5) is 28.0 Å². The number of rotatable bonds is 14. The third-order valence-electron chi connectivity index (χ3n) is 14.0. The second-order valence-electron chi connectivity index (χ2n) is 18.9. The lowest BCUT2D eigenvalue weighted by atomic mass is 9.95. The van der Waals surface area contributed by atoms with E-state index in [1.54, 1.807) is 66.7 Å². The summed E-state index contributed by atoms with van der Waals surface area (Å²) in [6.07, 6.45) is 10.9. The fourth-order valence-corrected chi connectivity index (χ4v) is 12.1. The van der Waals surface area contributed by atoms with E-state index in [1.807, 2.05) is 18.2 Å². The molecule has 2 atom stereocenters. The van der Waals surface area contributed by atoms with Gasteiger partial charge < -0.3 is 40.7 Å². The zero-order valence-corrected chi connectivity index (χ0v) is 42.2. The third-order valence-corrected chi connectivity index (χ3v) is 16.4. The number of hydrogen-bond donors (Lipinski definition) is 7. The van der Waals surface area contributed by atoms with Crippen LogP contribution in [0.3, 0.4) is 0 Å². The van der Waals surface area contributed by atoms with E-state index >= 15 is 17.6 Å². The van der Waals surface area contributed by atoms with Crippen molar-refractivity contribution < 1.29 is 42.4 Å². The number of nitrogens with zero attached hydrogens (tertiary/aromatic N) is 2. The molecule has 1 unspecified atom stereocenters. The Balaban J connectivity index is 0.953. The van der Waals surface area contributed by atoms with E-state index < -0.39 is 40.6 Å². The number of H-pyrrole nitrogens is 2. The minimum absolute atomic E-state index is 0.0295. The molecule has 11 rings (SSSR count). The number of aromatic amines is 2. The van der Waals surface area contributed by atoms with E-state index in [-0.39, 0.29) is 51.7 Å². The average molecular weight is 1060 g/mol. The highest BCUT2D eigenvalue weighted by atomic mass is 33.1. The molecule has 3 aromatic heterocycles. The molecule has 1 fully saturated rings. The molecule has 4 aromatic carbocycles. The molecule has 0 radical (unpaired) electrons. The van der Waals surface area contributed by atoms with Gasteiger partial charge in [0.1, 0.15) is 22.9 Å². The number of carbonyl (C=O) groups excluding carboxylic acids is 1. The van der Waals surface area contributed by atoms with Crippen molar-refractivity contribution >= 4 is 79.7 Å². The molecule has 4 aliphatic rings. The van der Waals surface area contributed by atoms with Crippen molar-refractivity contribution in [1.29, 1.82) is 0 Å². The molecule has 384 valence electrons. The SMILES string of the molecule is O=C(NCCSSCCNc1c(F)c(F)c(-c2c3nc(c(-c4cccc(O)c4)c4ccc([nH]4)c(-c4cccc(O)c4)c4nc(c(-c5cccc(O)c5)c5ccc2[nH]5)C=C4)C=C3)c(F)c1F)OCC12CCC#CCC[C@@H]1C2. The molecule has 2 aliphatic carbocycles. The molecule has 76 heavy (non-hydrogen) atoms. The minimum Gasteiger partial charge on any atom is -0.508 e. The quantitative estimate of drug-likeness (QED) is 0.0183. The summed E-state index contributed by atoms with van der Waals surface area (Å²) in [4.78, 5) is 29.2. The molecule has 1 saturated carbocycles. The van der Waals surface area contributed by atoms with Crippen LogP contribution < -0.4 is 10.6 Å². The number of phenols is 3. The molecule has 8 bridgehead atoms. The van der Waals surface area contributed by atoms with Gasteiger partial charge in [0, 0.05) is 87.2 Å². The summed E-state index contributed by atoms with van der Waals surface area (Å²) < 4.78 is 72.3. The summed E-state index contributed by atoms with van der Waals surface area (Å²) in [7, 11) is 2.76. The van der Waals surface area contributed by atoms with Gasteiger partial charge in [0.2, 0.25) is 0 Å². The number of nitrogens with one attached hydrogen (secondary N) is 4. The van der Waals surface area contributed by atoms with Gasteiger partial charge in [0.25, 0.3) is 0 Å². The summed E-state index contributed by atoms with van der Waals surface area (Å²) in [6.45, 7) is 0.656. The van der Waals surface area contributed by atoms with Gasteiger partial charge in [0.15, 0.2) is 23.3 Å². The maximum absolute atomic E-state index is 16.9. The van der Waals surface area contributed by atoms with Crippen LogP contribution >= 0.6 is 21.6 Å². The highest BCUT2D eigenvalue weighted by Crippen LogP contribution is 2.58. The third kappa shape index (κ3) is 10.1.